The van der Waals surface area contributed by atoms with Gasteiger partial charge in [-0.25, -0.2) is 4.98 Å². The van der Waals surface area contributed by atoms with E-state index in [2.05, 4.69) is 4.98 Å². The highest BCUT2D eigenvalue weighted by Crippen LogP contribution is 2.18. The van der Waals surface area contributed by atoms with Gasteiger partial charge in [-0.1, -0.05) is 17.7 Å². The molecular formula is C15H17ClN2O2. The highest BCUT2D eigenvalue weighted by molar-refractivity contribution is 6.30. The maximum Gasteiger partial charge on any atom is 0.180 e. The van der Waals surface area contributed by atoms with Crippen molar-refractivity contribution in [2.45, 2.75) is 32.9 Å². The minimum absolute atomic E-state index is 0.00845. The second-order valence-corrected chi connectivity index (χ2v) is 4.93. The molecule has 1 heterocycles. The fourth-order valence-corrected chi connectivity index (χ4v) is 2.09. The van der Waals surface area contributed by atoms with Crippen LogP contribution in [-0.2, 0) is 17.8 Å². The third-order valence-corrected chi connectivity index (χ3v) is 3.27. The number of ether oxygens (including phenoxy) is 1. The fourth-order valence-electron chi connectivity index (χ4n) is 1.90. The Labute approximate surface area is 123 Å². The smallest absolute Gasteiger partial charge is 0.180 e. The summed E-state index contributed by atoms with van der Waals surface area (Å²) in [4.78, 5) is 16.4. The molecule has 0 bridgehead atoms. The van der Waals surface area contributed by atoms with Gasteiger partial charge in [0.25, 0.3) is 0 Å². The maximum atomic E-state index is 12.2. The van der Waals surface area contributed by atoms with Gasteiger partial charge in [0.1, 0.15) is 11.6 Å². The summed E-state index contributed by atoms with van der Waals surface area (Å²) >= 11 is 5.88. The number of ketones is 1. The topological polar surface area (TPSA) is 44.1 Å². The zero-order valence-electron chi connectivity index (χ0n) is 11.5. The molecule has 1 atom stereocenters. The zero-order chi connectivity index (χ0) is 14.5. The first kappa shape index (κ1) is 14.6. The SMILES string of the molecule is CCn1ccnc1CC(=O)C(C)Oc1cccc(Cl)c1. The van der Waals surface area contributed by atoms with E-state index in [-0.39, 0.29) is 12.2 Å². The predicted octanol–water partition coefficient (Wildman–Crippen LogP) is 3.14. The van der Waals surface area contributed by atoms with Crippen LogP contribution in [-0.4, -0.2) is 21.4 Å². The first-order valence-corrected chi connectivity index (χ1v) is 6.93. The Hall–Kier alpha value is -1.81. The van der Waals surface area contributed by atoms with Gasteiger partial charge < -0.3 is 9.30 Å². The Kier molecular flexibility index (Phi) is 4.79. The predicted molar refractivity (Wildman–Crippen MR) is 78.2 cm³/mol. The summed E-state index contributed by atoms with van der Waals surface area (Å²) in [5.41, 5.74) is 0. The van der Waals surface area contributed by atoms with Gasteiger partial charge in [0.2, 0.25) is 0 Å². The molecule has 1 aromatic carbocycles. The van der Waals surface area contributed by atoms with Gasteiger partial charge in [0.05, 0.1) is 6.42 Å². The molecule has 106 valence electrons. The van der Waals surface area contributed by atoms with Crippen LogP contribution in [0.5, 0.6) is 5.75 Å². The van der Waals surface area contributed by atoms with E-state index in [0.29, 0.717) is 10.8 Å². The minimum atomic E-state index is -0.532. The highest BCUT2D eigenvalue weighted by Gasteiger charge is 2.17. The Morgan fingerprint density at radius 1 is 1.50 bits per heavy atom. The average Bonchev–Trinajstić information content (AvgIpc) is 2.85. The van der Waals surface area contributed by atoms with Gasteiger partial charge in [-0.2, -0.15) is 0 Å². The molecule has 1 unspecified atom stereocenters. The van der Waals surface area contributed by atoms with Crippen LogP contribution in [0, 0.1) is 0 Å². The molecule has 0 aliphatic heterocycles. The van der Waals surface area contributed by atoms with Gasteiger partial charge in [0.15, 0.2) is 11.9 Å². The summed E-state index contributed by atoms with van der Waals surface area (Å²) in [6.07, 6.45) is 3.30. The number of nitrogens with zero attached hydrogens (tertiary/aromatic N) is 2. The Bertz CT molecular complexity index is 595. The lowest BCUT2D eigenvalue weighted by Crippen LogP contribution is -2.26. The van der Waals surface area contributed by atoms with Crippen LogP contribution < -0.4 is 4.74 Å². The van der Waals surface area contributed by atoms with Crippen LogP contribution >= 0.6 is 11.6 Å². The van der Waals surface area contributed by atoms with E-state index in [9.17, 15) is 4.79 Å². The van der Waals surface area contributed by atoms with Crippen molar-refractivity contribution in [1.29, 1.82) is 0 Å². The van der Waals surface area contributed by atoms with E-state index >= 15 is 0 Å². The van der Waals surface area contributed by atoms with Gasteiger partial charge in [-0.05, 0) is 32.0 Å². The molecule has 5 heteroatoms. The molecule has 0 radical (unpaired) electrons. The maximum absolute atomic E-state index is 12.2. The Morgan fingerprint density at radius 2 is 2.30 bits per heavy atom. The van der Waals surface area contributed by atoms with Crippen molar-refractivity contribution in [2.75, 3.05) is 0 Å². The molecule has 0 aliphatic carbocycles. The molecule has 0 amide bonds. The monoisotopic (exact) mass is 292 g/mol. The lowest BCUT2D eigenvalue weighted by molar-refractivity contribution is -0.124. The van der Waals surface area contributed by atoms with E-state index < -0.39 is 6.10 Å². The first-order valence-electron chi connectivity index (χ1n) is 6.55. The lowest BCUT2D eigenvalue weighted by atomic mass is 10.2. The molecule has 2 rings (SSSR count). The lowest BCUT2D eigenvalue weighted by Gasteiger charge is -2.14. The van der Waals surface area contributed by atoms with Crippen molar-refractivity contribution in [3.63, 3.8) is 0 Å². The second kappa shape index (κ2) is 6.57. The van der Waals surface area contributed by atoms with Crippen LogP contribution in [0.1, 0.15) is 19.7 Å². The number of Topliss-reactive ketones (excluding diaryl/α,β-unsaturated/α-hetero) is 1. The third kappa shape index (κ3) is 3.61. The molecule has 0 N–H and O–H groups in total. The van der Waals surface area contributed by atoms with Crippen molar-refractivity contribution < 1.29 is 9.53 Å². The van der Waals surface area contributed by atoms with Crippen molar-refractivity contribution in [2.24, 2.45) is 0 Å². The second-order valence-electron chi connectivity index (χ2n) is 4.49. The number of imidazole rings is 1. The van der Waals surface area contributed by atoms with E-state index in [1.54, 1.807) is 37.4 Å². The van der Waals surface area contributed by atoms with E-state index in [0.717, 1.165) is 12.4 Å². The van der Waals surface area contributed by atoms with Crippen LogP contribution in [0.15, 0.2) is 36.7 Å². The third-order valence-electron chi connectivity index (χ3n) is 3.04. The van der Waals surface area contributed by atoms with Crippen molar-refractivity contribution in [1.82, 2.24) is 9.55 Å². The molecular weight excluding hydrogens is 276 g/mol. The van der Waals surface area contributed by atoms with Gasteiger partial charge >= 0.3 is 0 Å². The number of aromatic nitrogens is 2. The Morgan fingerprint density at radius 3 is 3.00 bits per heavy atom. The summed E-state index contributed by atoms with van der Waals surface area (Å²) in [5, 5.41) is 0.587. The molecule has 0 saturated carbocycles. The van der Waals surface area contributed by atoms with E-state index in [4.69, 9.17) is 16.3 Å². The fraction of sp³-hybridized carbons (Fsp3) is 0.333. The number of benzene rings is 1. The minimum Gasteiger partial charge on any atom is -0.483 e. The number of carbonyl (C=O) groups excluding carboxylic acids is 1. The molecule has 1 aromatic heterocycles. The number of hydrogen-bond donors (Lipinski definition) is 0. The largest absolute Gasteiger partial charge is 0.483 e. The van der Waals surface area contributed by atoms with Crippen molar-refractivity contribution in [3.05, 3.63) is 47.5 Å². The number of halogens is 1. The summed E-state index contributed by atoms with van der Waals surface area (Å²) < 4.78 is 7.56. The Balaban J connectivity index is 1.99. The van der Waals surface area contributed by atoms with Gasteiger partial charge in [0, 0.05) is 24.0 Å². The quantitative estimate of drug-likeness (QED) is 0.821. The summed E-state index contributed by atoms with van der Waals surface area (Å²) in [6, 6.07) is 7.03. The molecule has 0 aliphatic rings. The summed E-state index contributed by atoms with van der Waals surface area (Å²) in [6.45, 7) is 4.55. The molecule has 4 nitrogen and oxygen atoms in total. The van der Waals surface area contributed by atoms with Crippen LogP contribution in [0.4, 0.5) is 0 Å². The van der Waals surface area contributed by atoms with Gasteiger partial charge in [-0.15, -0.1) is 0 Å². The normalized spacial score (nSPS) is 12.2. The summed E-state index contributed by atoms with van der Waals surface area (Å²) in [5.74, 6) is 1.35. The zero-order valence-corrected chi connectivity index (χ0v) is 12.3. The van der Waals surface area contributed by atoms with Crippen LogP contribution in [0.25, 0.3) is 0 Å². The number of carbonyl (C=O) groups is 1. The number of aryl methyl sites for hydroxylation is 1. The van der Waals surface area contributed by atoms with Crippen LogP contribution in [0.2, 0.25) is 5.02 Å². The van der Waals surface area contributed by atoms with Crippen LogP contribution in [0.3, 0.4) is 0 Å². The van der Waals surface area contributed by atoms with E-state index in [1.807, 2.05) is 17.7 Å². The van der Waals surface area contributed by atoms with Crippen molar-refractivity contribution >= 4 is 17.4 Å². The van der Waals surface area contributed by atoms with Crippen molar-refractivity contribution in [3.8, 4) is 5.75 Å². The van der Waals surface area contributed by atoms with Gasteiger partial charge in [-0.3, -0.25) is 4.79 Å². The van der Waals surface area contributed by atoms with E-state index in [1.165, 1.54) is 0 Å². The first-order chi connectivity index (χ1) is 9.60. The molecule has 0 saturated heterocycles. The summed E-state index contributed by atoms with van der Waals surface area (Å²) in [7, 11) is 0. The average molecular weight is 293 g/mol. The molecule has 0 fully saturated rings. The number of rotatable bonds is 6. The molecule has 20 heavy (non-hydrogen) atoms. The molecule has 0 spiro atoms. The number of hydrogen-bond acceptors (Lipinski definition) is 3. The molecule has 2 aromatic rings. The highest BCUT2D eigenvalue weighted by atomic mass is 35.5. The standard InChI is InChI=1S/C15H17ClN2O2/c1-3-18-8-7-17-15(18)10-14(19)11(2)20-13-6-4-5-12(16)9-13/h4-9,11H,3,10H2,1-2H3.